The molecule has 0 spiro atoms. The minimum atomic E-state index is 0.414. The summed E-state index contributed by atoms with van der Waals surface area (Å²) in [6, 6.07) is 31.8. The molecule has 0 unspecified atom stereocenters. The molecule has 0 saturated carbocycles. The van der Waals surface area contributed by atoms with Gasteiger partial charge in [-0.1, -0.05) is 71.0 Å². The van der Waals surface area contributed by atoms with E-state index in [1.54, 1.807) is 0 Å². The highest BCUT2D eigenvalue weighted by atomic mass is 16.5. The summed E-state index contributed by atoms with van der Waals surface area (Å²) in [5.74, 6) is 3.24. The van der Waals surface area contributed by atoms with Crippen LogP contribution in [0.1, 0.15) is 68.7 Å². The first kappa shape index (κ1) is 29.5. The van der Waals surface area contributed by atoms with Crippen LogP contribution in [0.3, 0.4) is 0 Å². The third kappa shape index (κ3) is 5.36. The first-order valence-corrected chi connectivity index (χ1v) is 16.3. The lowest BCUT2D eigenvalue weighted by Gasteiger charge is -2.20. The fourth-order valence-electron chi connectivity index (χ4n) is 6.52. The molecular weight excluding hydrogens is 564 g/mol. The average molecular weight is 605 g/mol. The van der Waals surface area contributed by atoms with Gasteiger partial charge in [0.05, 0.1) is 22.9 Å². The number of hydrogen-bond donors (Lipinski definition) is 0. The fourth-order valence-corrected chi connectivity index (χ4v) is 6.52. The molecule has 0 aliphatic rings. The van der Waals surface area contributed by atoms with Crippen LogP contribution in [0.2, 0.25) is 0 Å². The second-order valence-corrected chi connectivity index (χ2v) is 12.8. The largest absolute Gasteiger partial charge is 0.457 e. The van der Waals surface area contributed by atoms with Gasteiger partial charge in [-0.05, 0) is 95.5 Å². The van der Waals surface area contributed by atoms with Crippen LogP contribution in [-0.2, 0) is 6.42 Å². The van der Waals surface area contributed by atoms with Crippen molar-refractivity contribution in [3.05, 3.63) is 132 Å². The van der Waals surface area contributed by atoms with Crippen molar-refractivity contribution in [2.45, 2.75) is 59.8 Å². The third-order valence-corrected chi connectivity index (χ3v) is 8.88. The summed E-state index contributed by atoms with van der Waals surface area (Å²) in [5.41, 5.74) is 10.9. The van der Waals surface area contributed by atoms with Crippen molar-refractivity contribution in [2.24, 2.45) is 0 Å². The summed E-state index contributed by atoms with van der Waals surface area (Å²) in [6.45, 7) is 13.4. The lowest BCUT2D eigenvalue weighted by Crippen LogP contribution is -2.02. The number of ether oxygens (including phenoxy) is 1. The van der Waals surface area contributed by atoms with Gasteiger partial charge in [0.25, 0.3) is 0 Å². The van der Waals surface area contributed by atoms with Crippen LogP contribution in [0.5, 0.6) is 11.5 Å². The topological polar surface area (TPSA) is 44.9 Å². The predicted octanol–water partition coefficient (Wildman–Crippen LogP) is 10.9. The van der Waals surface area contributed by atoms with Crippen molar-refractivity contribution in [2.75, 3.05) is 0 Å². The molecule has 7 rings (SSSR count). The molecule has 46 heavy (non-hydrogen) atoms. The lowest BCUT2D eigenvalue weighted by atomic mass is 9.84. The van der Waals surface area contributed by atoms with Crippen LogP contribution in [0.25, 0.3) is 44.4 Å². The van der Waals surface area contributed by atoms with Crippen LogP contribution in [0, 0.1) is 6.92 Å². The Hall–Kier alpha value is -5.16. The normalized spacial score (nSPS) is 11.7. The molecule has 0 radical (unpaired) electrons. The molecule has 0 atom stereocenters. The van der Waals surface area contributed by atoms with E-state index >= 15 is 0 Å². The van der Waals surface area contributed by atoms with Crippen molar-refractivity contribution in [3.63, 3.8) is 0 Å². The zero-order valence-electron chi connectivity index (χ0n) is 27.5. The number of aryl methyl sites for hydroxylation is 2. The second-order valence-electron chi connectivity index (χ2n) is 12.8. The Morgan fingerprint density at radius 3 is 2.22 bits per heavy atom. The van der Waals surface area contributed by atoms with Gasteiger partial charge < -0.3 is 4.74 Å². The Morgan fingerprint density at radius 2 is 1.48 bits per heavy atom. The molecule has 5 heteroatoms. The maximum Gasteiger partial charge on any atom is 0.137 e. The maximum atomic E-state index is 6.50. The van der Waals surface area contributed by atoms with Crippen molar-refractivity contribution in [1.82, 2.24) is 19.3 Å². The SMILES string of the molecule is CCc1cc(C(C)C)c(-c2cnn(-c3cccc(Oc4ccc5c6ccccc6n(-c6cc(C)ccn6)c5c4)c3)c2)c(C(C)C)c1. The maximum absolute atomic E-state index is 6.50. The highest BCUT2D eigenvalue weighted by Crippen LogP contribution is 2.38. The first-order valence-electron chi connectivity index (χ1n) is 16.3. The van der Waals surface area contributed by atoms with Gasteiger partial charge in [-0.25, -0.2) is 9.67 Å². The number of nitrogens with zero attached hydrogens (tertiary/aromatic N) is 4. The Labute approximate surface area is 271 Å². The van der Waals surface area contributed by atoms with Gasteiger partial charge in [-0.3, -0.25) is 4.57 Å². The molecule has 230 valence electrons. The fraction of sp³-hybridized carbons (Fsp3) is 0.220. The van der Waals surface area contributed by atoms with E-state index in [1.165, 1.54) is 33.2 Å². The monoisotopic (exact) mass is 604 g/mol. The molecule has 3 aromatic heterocycles. The van der Waals surface area contributed by atoms with Crippen LogP contribution < -0.4 is 4.74 Å². The average Bonchev–Trinajstić information content (AvgIpc) is 3.67. The van der Waals surface area contributed by atoms with Gasteiger partial charge in [0.15, 0.2) is 0 Å². The summed E-state index contributed by atoms with van der Waals surface area (Å²) < 4.78 is 10.7. The van der Waals surface area contributed by atoms with E-state index in [-0.39, 0.29) is 0 Å². The molecule has 0 aliphatic carbocycles. The van der Waals surface area contributed by atoms with E-state index in [0.717, 1.165) is 51.4 Å². The van der Waals surface area contributed by atoms with Gasteiger partial charge in [0.1, 0.15) is 17.3 Å². The quantitative estimate of drug-likeness (QED) is 0.173. The second kappa shape index (κ2) is 12.0. The van der Waals surface area contributed by atoms with Crippen molar-refractivity contribution >= 4 is 21.8 Å². The lowest BCUT2D eigenvalue weighted by molar-refractivity contribution is 0.483. The summed E-state index contributed by atoms with van der Waals surface area (Å²) in [5, 5.41) is 7.18. The van der Waals surface area contributed by atoms with Gasteiger partial charge in [0, 0.05) is 40.9 Å². The molecular formula is C41H40N4O. The highest BCUT2D eigenvalue weighted by Gasteiger charge is 2.19. The van der Waals surface area contributed by atoms with E-state index < -0.39 is 0 Å². The molecule has 5 nitrogen and oxygen atoms in total. The molecule has 0 saturated heterocycles. The van der Waals surface area contributed by atoms with Crippen LogP contribution >= 0.6 is 0 Å². The van der Waals surface area contributed by atoms with Crippen molar-refractivity contribution < 1.29 is 4.74 Å². The van der Waals surface area contributed by atoms with Crippen molar-refractivity contribution in [3.8, 4) is 34.1 Å². The number of hydrogen-bond acceptors (Lipinski definition) is 3. The van der Waals surface area contributed by atoms with Crippen LogP contribution in [-0.4, -0.2) is 19.3 Å². The van der Waals surface area contributed by atoms with Gasteiger partial charge in [-0.15, -0.1) is 0 Å². The molecule has 0 N–H and O–H groups in total. The Bertz CT molecular complexity index is 2170. The standard InChI is InChI=1S/C41H40N4O/c1-7-29-20-36(26(2)3)41(37(21-29)27(4)5)30-24-43-44(25-30)31-11-10-12-32(22-31)46-33-15-16-35-34-13-8-9-14-38(34)45(39(35)23-33)40-19-28(6)17-18-42-40/h8-27H,7H2,1-6H3. The molecule has 0 aliphatic heterocycles. The molecule has 3 heterocycles. The number of pyridine rings is 1. The van der Waals surface area contributed by atoms with E-state index in [2.05, 4.69) is 113 Å². The number of para-hydroxylation sites is 1. The zero-order valence-corrected chi connectivity index (χ0v) is 27.5. The molecule has 0 amide bonds. The third-order valence-electron chi connectivity index (χ3n) is 8.88. The molecule has 7 aromatic rings. The van der Waals surface area contributed by atoms with Crippen LogP contribution in [0.15, 0.2) is 110 Å². The number of rotatable bonds is 8. The Kier molecular flexibility index (Phi) is 7.69. The minimum absolute atomic E-state index is 0.414. The predicted molar refractivity (Wildman–Crippen MR) is 190 cm³/mol. The van der Waals surface area contributed by atoms with Gasteiger partial charge in [-0.2, -0.15) is 5.10 Å². The van der Waals surface area contributed by atoms with Crippen molar-refractivity contribution in [1.29, 1.82) is 0 Å². The number of benzene rings is 4. The smallest absolute Gasteiger partial charge is 0.137 e. The summed E-state index contributed by atoms with van der Waals surface area (Å²) in [7, 11) is 0. The molecule has 0 fully saturated rings. The summed E-state index contributed by atoms with van der Waals surface area (Å²) >= 11 is 0. The Balaban J connectivity index is 1.25. The highest BCUT2D eigenvalue weighted by molar-refractivity contribution is 6.09. The van der Waals surface area contributed by atoms with E-state index in [1.807, 2.05) is 47.4 Å². The minimum Gasteiger partial charge on any atom is -0.457 e. The first-order chi connectivity index (χ1) is 22.3. The number of fused-ring (bicyclic) bond motifs is 3. The summed E-state index contributed by atoms with van der Waals surface area (Å²) in [6.07, 6.45) is 7.05. The van der Waals surface area contributed by atoms with E-state index in [0.29, 0.717) is 11.8 Å². The summed E-state index contributed by atoms with van der Waals surface area (Å²) in [4.78, 5) is 4.72. The number of aromatic nitrogens is 4. The van der Waals surface area contributed by atoms with Crippen LogP contribution in [0.4, 0.5) is 0 Å². The zero-order chi connectivity index (χ0) is 31.9. The Morgan fingerprint density at radius 1 is 0.739 bits per heavy atom. The van der Waals surface area contributed by atoms with Gasteiger partial charge in [0.2, 0.25) is 0 Å². The molecule has 4 aromatic carbocycles. The van der Waals surface area contributed by atoms with Gasteiger partial charge >= 0.3 is 0 Å². The molecule has 0 bridgehead atoms. The van der Waals surface area contributed by atoms with E-state index in [9.17, 15) is 0 Å². The van der Waals surface area contributed by atoms with E-state index in [4.69, 9.17) is 14.8 Å².